The molecule has 0 saturated carbocycles. The van der Waals surface area contributed by atoms with E-state index >= 15 is 0 Å². The third kappa shape index (κ3) is 3.41. The molecule has 0 unspecified atom stereocenters. The summed E-state index contributed by atoms with van der Waals surface area (Å²) in [5, 5.41) is 4.12. The monoisotopic (exact) mass is 374 g/mol. The molecule has 0 aromatic carbocycles. The van der Waals surface area contributed by atoms with Gasteiger partial charge in [0.1, 0.15) is 4.88 Å². The van der Waals surface area contributed by atoms with Crippen LogP contribution in [0.4, 0.5) is 5.95 Å². The van der Waals surface area contributed by atoms with Crippen molar-refractivity contribution in [2.45, 2.75) is 32.7 Å². The number of rotatable bonds is 4. The van der Waals surface area contributed by atoms with Gasteiger partial charge in [-0.3, -0.25) is 4.79 Å². The fourth-order valence-corrected chi connectivity index (χ4v) is 3.97. The lowest BCUT2D eigenvalue weighted by atomic mass is 10.1. The van der Waals surface area contributed by atoms with Crippen LogP contribution in [0.5, 0.6) is 0 Å². The number of ether oxygens (including phenoxy) is 1. The number of hydrogen-bond acceptors (Lipinski definition) is 8. The van der Waals surface area contributed by atoms with Gasteiger partial charge in [0, 0.05) is 25.8 Å². The van der Waals surface area contributed by atoms with Gasteiger partial charge in [-0.15, -0.1) is 5.10 Å². The minimum Gasteiger partial charge on any atom is -0.378 e. The van der Waals surface area contributed by atoms with Gasteiger partial charge in [-0.2, -0.15) is 0 Å². The minimum absolute atomic E-state index is 0.0145. The molecule has 0 aliphatic carbocycles. The number of hydrogen-bond donors (Lipinski definition) is 0. The molecule has 0 bridgehead atoms. The Labute approximate surface area is 156 Å². The van der Waals surface area contributed by atoms with E-state index in [0.29, 0.717) is 31.2 Å². The fourth-order valence-electron chi connectivity index (χ4n) is 3.30. The minimum atomic E-state index is 0.0145. The lowest BCUT2D eigenvalue weighted by molar-refractivity contribution is 0.0735. The summed E-state index contributed by atoms with van der Waals surface area (Å²) >= 11 is 1.19. The molecule has 1 saturated heterocycles. The number of carbonyl (C=O) groups excluding carboxylic acids is 1. The summed E-state index contributed by atoms with van der Waals surface area (Å²) in [6, 6.07) is 0. The van der Waals surface area contributed by atoms with Crippen LogP contribution in [0, 0.1) is 0 Å². The predicted molar refractivity (Wildman–Crippen MR) is 97.4 cm³/mol. The molecule has 2 aromatic heterocycles. The number of aromatic nitrogens is 4. The molecule has 9 heteroatoms. The molecule has 1 amide bonds. The van der Waals surface area contributed by atoms with Crippen molar-refractivity contribution in [1.29, 1.82) is 0 Å². The topological polar surface area (TPSA) is 84.3 Å². The van der Waals surface area contributed by atoms with E-state index in [2.05, 4.69) is 26.4 Å². The molecule has 8 nitrogen and oxygen atoms in total. The summed E-state index contributed by atoms with van der Waals surface area (Å²) in [5.41, 5.74) is 2.88. The van der Waals surface area contributed by atoms with Crippen LogP contribution in [0.1, 0.15) is 40.0 Å². The molecule has 2 aromatic rings. The number of anilines is 1. The van der Waals surface area contributed by atoms with E-state index in [9.17, 15) is 4.79 Å². The van der Waals surface area contributed by atoms with Crippen molar-refractivity contribution in [3.8, 4) is 0 Å². The van der Waals surface area contributed by atoms with E-state index in [4.69, 9.17) is 9.72 Å². The van der Waals surface area contributed by atoms with Crippen molar-refractivity contribution in [1.82, 2.24) is 24.5 Å². The molecule has 138 valence electrons. The van der Waals surface area contributed by atoms with Gasteiger partial charge in [-0.1, -0.05) is 17.8 Å². The average molecular weight is 374 g/mol. The number of aryl methyl sites for hydroxylation is 1. The Morgan fingerprint density at radius 1 is 1.31 bits per heavy atom. The molecule has 0 atom stereocenters. The largest absolute Gasteiger partial charge is 0.378 e. The number of nitrogens with zero attached hydrogens (tertiary/aromatic N) is 6. The molecule has 0 radical (unpaired) electrons. The molecule has 4 rings (SSSR count). The quantitative estimate of drug-likeness (QED) is 0.798. The van der Waals surface area contributed by atoms with Crippen LogP contribution in [-0.4, -0.2) is 63.2 Å². The SMILES string of the molecule is CCCc1nnsc1C(=O)N1CCc2cnc(N3CCOCC3)nc2C1. The highest BCUT2D eigenvalue weighted by Crippen LogP contribution is 2.23. The van der Waals surface area contributed by atoms with Crippen molar-refractivity contribution < 1.29 is 9.53 Å². The van der Waals surface area contributed by atoms with E-state index in [1.807, 2.05) is 11.1 Å². The Morgan fingerprint density at radius 3 is 2.96 bits per heavy atom. The summed E-state index contributed by atoms with van der Waals surface area (Å²) in [5.74, 6) is 0.744. The van der Waals surface area contributed by atoms with Crippen LogP contribution < -0.4 is 4.90 Å². The summed E-state index contributed by atoms with van der Waals surface area (Å²) < 4.78 is 9.37. The van der Waals surface area contributed by atoms with Gasteiger partial charge in [0.05, 0.1) is 31.1 Å². The lowest BCUT2D eigenvalue weighted by Gasteiger charge is -2.30. The second-order valence-electron chi connectivity index (χ2n) is 6.52. The number of carbonyl (C=O) groups is 1. The third-order valence-electron chi connectivity index (χ3n) is 4.75. The summed E-state index contributed by atoms with van der Waals surface area (Å²) in [6.45, 7) is 6.26. The van der Waals surface area contributed by atoms with Crippen molar-refractivity contribution in [2.75, 3.05) is 37.7 Å². The molecule has 0 N–H and O–H groups in total. The second-order valence-corrected chi connectivity index (χ2v) is 7.27. The fraction of sp³-hybridized carbons (Fsp3) is 0.588. The Hall–Kier alpha value is -2.13. The van der Waals surface area contributed by atoms with Crippen molar-refractivity contribution in [3.63, 3.8) is 0 Å². The van der Waals surface area contributed by atoms with E-state index in [-0.39, 0.29) is 5.91 Å². The summed E-state index contributed by atoms with van der Waals surface area (Å²) in [4.78, 5) is 26.9. The Balaban J connectivity index is 1.52. The van der Waals surface area contributed by atoms with Crippen molar-refractivity contribution >= 4 is 23.4 Å². The first kappa shape index (κ1) is 17.3. The molecular weight excluding hydrogens is 352 g/mol. The molecule has 0 spiro atoms. The van der Waals surface area contributed by atoms with E-state index in [1.54, 1.807) is 0 Å². The maximum Gasteiger partial charge on any atom is 0.267 e. The maximum absolute atomic E-state index is 12.9. The van der Waals surface area contributed by atoms with Crippen LogP contribution in [0.3, 0.4) is 0 Å². The summed E-state index contributed by atoms with van der Waals surface area (Å²) in [6.07, 6.45) is 4.42. The Kier molecular flexibility index (Phi) is 5.07. The molecule has 2 aliphatic heterocycles. The van der Waals surface area contributed by atoms with Gasteiger partial charge in [-0.05, 0) is 29.9 Å². The van der Waals surface area contributed by atoms with Crippen LogP contribution >= 0.6 is 11.5 Å². The molecule has 1 fully saturated rings. The highest BCUT2D eigenvalue weighted by molar-refractivity contribution is 7.08. The highest BCUT2D eigenvalue weighted by atomic mass is 32.1. The average Bonchev–Trinajstić information content (AvgIpc) is 3.16. The van der Waals surface area contributed by atoms with Crippen LogP contribution in [0.2, 0.25) is 0 Å². The van der Waals surface area contributed by atoms with Crippen LogP contribution in [-0.2, 0) is 24.1 Å². The van der Waals surface area contributed by atoms with Crippen molar-refractivity contribution in [2.24, 2.45) is 0 Å². The van der Waals surface area contributed by atoms with E-state index in [0.717, 1.165) is 55.3 Å². The van der Waals surface area contributed by atoms with Gasteiger partial charge in [0.15, 0.2) is 0 Å². The van der Waals surface area contributed by atoms with Gasteiger partial charge in [0.2, 0.25) is 5.95 Å². The first-order chi connectivity index (χ1) is 12.8. The lowest BCUT2D eigenvalue weighted by Crippen LogP contribution is -2.39. The third-order valence-corrected chi connectivity index (χ3v) is 5.51. The Morgan fingerprint density at radius 2 is 2.15 bits per heavy atom. The maximum atomic E-state index is 12.9. The second kappa shape index (κ2) is 7.63. The summed E-state index contributed by atoms with van der Waals surface area (Å²) in [7, 11) is 0. The van der Waals surface area contributed by atoms with Gasteiger partial charge in [-0.25, -0.2) is 9.97 Å². The van der Waals surface area contributed by atoms with Gasteiger partial charge < -0.3 is 14.5 Å². The number of morpholine rings is 1. The van der Waals surface area contributed by atoms with Crippen LogP contribution in [0.15, 0.2) is 6.20 Å². The first-order valence-corrected chi connectivity index (χ1v) is 9.81. The zero-order chi connectivity index (χ0) is 17.9. The Bertz CT molecular complexity index is 789. The number of amides is 1. The van der Waals surface area contributed by atoms with Gasteiger partial charge in [0.25, 0.3) is 5.91 Å². The van der Waals surface area contributed by atoms with Crippen molar-refractivity contribution in [3.05, 3.63) is 28.0 Å². The van der Waals surface area contributed by atoms with E-state index in [1.165, 1.54) is 11.5 Å². The molecule has 2 aliphatic rings. The smallest absolute Gasteiger partial charge is 0.267 e. The zero-order valence-corrected chi connectivity index (χ0v) is 15.7. The predicted octanol–water partition coefficient (Wildman–Crippen LogP) is 1.32. The molecule has 26 heavy (non-hydrogen) atoms. The standard InChI is InChI=1S/C17H22N6O2S/c1-2-3-13-15(26-21-20-13)16(24)23-5-4-12-10-18-17(19-14(12)11-23)22-6-8-25-9-7-22/h10H,2-9,11H2,1H3. The molecule has 4 heterocycles. The zero-order valence-electron chi connectivity index (χ0n) is 14.8. The van der Waals surface area contributed by atoms with Gasteiger partial charge >= 0.3 is 0 Å². The van der Waals surface area contributed by atoms with Crippen LogP contribution in [0.25, 0.3) is 0 Å². The normalized spacial score (nSPS) is 17.3. The first-order valence-electron chi connectivity index (χ1n) is 9.04. The number of fused-ring (bicyclic) bond motifs is 1. The molecular formula is C17H22N6O2S. The highest BCUT2D eigenvalue weighted by Gasteiger charge is 2.27. The van der Waals surface area contributed by atoms with E-state index < -0.39 is 0 Å².